The molecule has 4 N–H and O–H groups in total. The minimum atomic E-state index is -0.952. The van der Waals surface area contributed by atoms with Crippen LogP contribution in [0.25, 0.3) is 16.6 Å². The van der Waals surface area contributed by atoms with E-state index in [1.54, 1.807) is 12.2 Å². The predicted octanol–water partition coefficient (Wildman–Crippen LogP) is 1.01. The Morgan fingerprint density at radius 2 is 2.31 bits per heavy atom. The maximum Gasteiger partial charge on any atom is 0.552 e. The molecule has 0 spiro atoms. The zero-order valence-corrected chi connectivity index (χ0v) is 14.4. The van der Waals surface area contributed by atoms with Gasteiger partial charge in [0.25, 0.3) is 0 Å². The average molecular weight is 352 g/mol. The Bertz CT molecular complexity index is 884. The molecule has 0 unspecified atom stereocenters. The third-order valence-electron chi connectivity index (χ3n) is 5.71. The van der Waals surface area contributed by atoms with E-state index in [0.717, 1.165) is 54.4 Å². The number of hydrogen-bond acceptors (Lipinski definition) is 5. The van der Waals surface area contributed by atoms with Crippen molar-refractivity contribution >= 4 is 29.6 Å². The first-order chi connectivity index (χ1) is 12.7. The first kappa shape index (κ1) is 15.9. The van der Waals surface area contributed by atoms with Gasteiger partial charge in [-0.05, 0) is 55.8 Å². The number of nitrogens with one attached hydrogen (secondary N) is 3. The second-order valence-electron chi connectivity index (χ2n) is 7.39. The Labute approximate surface area is 151 Å². The van der Waals surface area contributed by atoms with Crippen molar-refractivity contribution in [2.24, 2.45) is 5.92 Å². The largest absolute Gasteiger partial charge is 0.552 e. The van der Waals surface area contributed by atoms with E-state index in [4.69, 9.17) is 4.65 Å². The number of allylic oxidation sites excluding steroid dienone is 1. The van der Waals surface area contributed by atoms with Gasteiger partial charge >= 0.3 is 7.12 Å². The molecule has 1 amide bonds. The molecule has 134 valence electrons. The van der Waals surface area contributed by atoms with Crippen LogP contribution in [0.5, 0.6) is 5.75 Å². The molecule has 1 aliphatic carbocycles. The summed E-state index contributed by atoms with van der Waals surface area (Å²) in [5, 5.41) is 17.5. The van der Waals surface area contributed by atoms with Gasteiger partial charge in [-0.15, -0.1) is 0 Å². The second-order valence-corrected chi connectivity index (χ2v) is 7.39. The molecule has 8 heteroatoms. The van der Waals surface area contributed by atoms with Crippen LogP contribution in [0.15, 0.2) is 24.4 Å². The summed E-state index contributed by atoms with van der Waals surface area (Å²) in [6.45, 7) is 0.924. The molecule has 2 fully saturated rings. The van der Waals surface area contributed by atoms with Gasteiger partial charge in [-0.3, -0.25) is 4.79 Å². The van der Waals surface area contributed by atoms with E-state index in [0.29, 0.717) is 11.7 Å². The number of pyridine rings is 1. The minimum Gasteiger partial charge on any atom is -0.531 e. The number of H-pyrrole nitrogens is 1. The quantitative estimate of drug-likeness (QED) is 0.618. The monoisotopic (exact) mass is 352 g/mol. The standard InChI is InChI=1S/C18H21BN4O3/c24-18(14-2-1-4-20-14)23-11-6-10(7-11)13-8-19(25)26-15-9-22-17-12(16(13)15)3-5-21-17/h3,5,8-11,14,20,25H,1-2,4,6-7H2,(H,21,22)(H,23,24)/t10-,11+,14-/m0/s1. The van der Waals surface area contributed by atoms with Gasteiger partial charge in [0.1, 0.15) is 11.4 Å². The van der Waals surface area contributed by atoms with Gasteiger partial charge in [-0.25, -0.2) is 4.98 Å². The summed E-state index contributed by atoms with van der Waals surface area (Å²) in [6, 6.07) is 2.15. The Hall–Kier alpha value is -2.32. The first-order valence-corrected chi connectivity index (χ1v) is 9.25. The smallest absolute Gasteiger partial charge is 0.531 e. The molecule has 0 bridgehead atoms. The molecule has 26 heavy (non-hydrogen) atoms. The van der Waals surface area contributed by atoms with Crippen LogP contribution in [0.1, 0.15) is 31.2 Å². The molecular weight excluding hydrogens is 331 g/mol. The highest BCUT2D eigenvalue weighted by atomic mass is 16.5. The summed E-state index contributed by atoms with van der Waals surface area (Å²) in [4.78, 5) is 19.7. The summed E-state index contributed by atoms with van der Waals surface area (Å²) in [6.07, 6.45) is 7.26. The highest BCUT2D eigenvalue weighted by Gasteiger charge is 2.38. The number of amides is 1. The third kappa shape index (κ3) is 2.60. The lowest BCUT2D eigenvalue weighted by Crippen LogP contribution is -2.50. The van der Waals surface area contributed by atoms with E-state index in [-0.39, 0.29) is 18.0 Å². The number of nitrogens with zero attached hydrogens (tertiary/aromatic N) is 1. The van der Waals surface area contributed by atoms with Crippen LogP contribution in [-0.2, 0) is 4.79 Å². The lowest BCUT2D eigenvalue weighted by atomic mass is 9.68. The van der Waals surface area contributed by atoms with Gasteiger partial charge in [-0.2, -0.15) is 0 Å². The molecule has 7 nitrogen and oxygen atoms in total. The highest BCUT2D eigenvalue weighted by Crippen LogP contribution is 2.45. The summed E-state index contributed by atoms with van der Waals surface area (Å²) in [5.41, 5.74) is 2.91. The third-order valence-corrected chi connectivity index (χ3v) is 5.71. The summed E-state index contributed by atoms with van der Waals surface area (Å²) in [5.74, 6) is 2.82. The molecule has 0 radical (unpaired) electrons. The van der Waals surface area contributed by atoms with Crippen LogP contribution in [-0.4, -0.2) is 46.6 Å². The Morgan fingerprint density at radius 3 is 3.12 bits per heavy atom. The van der Waals surface area contributed by atoms with Crippen LogP contribution in [0, 0.1) is 5.92 Å². The number of fused-ring (bicyclic) bond motifs is 3. The molecule has 3 aliphatic rings. The van der Waals surface area contributed by atoms with Crippen molar-refractivity contribution in [1.82, 2.24) is 20.6 Å². The fourth-order valence-corrected chi connectivity index (χ4v) is 4.32. The van der Waals surface area contributed by atoms with E-state index in [1.807, 2.05) is 12.3 Å². The van der Waals surface area contributed by atoms with Gasteiger partial charge in [0, 0.05) is 23.2 Å². The molecule has 5 rings (SSSR count). The Kier molecular flexibility index (Phi) is 3.75. The fourth-order valence-electron chi connectivity index (χ4n) is 4.32. The first-order valence-electron chi connectivity index (χ1n) is 9.25. The Morgan fingerprint density at radius 1 is 1.42 bits per heavy atom. The van der Waals surface area contributed by atoms with Crippen molar-refractivity contribution in [1.29, 1.82) is 0 Å². The van der Waals surface area contributed by atoms with Gasteiger partial charge in [-0.1, -0.05) is 0 Å². The van der Waals surface area contributed by atoms with E-state index < -0.39 is 7.12 Å². The van der Waals surface area contributed by atoms with Crippen molar-refractivity contribution in [3.05, 3.63) is 30.0 Å². The molecule has 2 aromatic heterocycles. The predicted molar refractivity (Wildman–Crippen MR) is 98.4 cm³/mol. The molecule has 1 saturated heterocycles. The van der Waals surface area contributed by atoms with Crippen molar-refractivity contribution in [2.45, 2.75) is 37.8 Å². The summed E-state index contributed by atoms with van der Waals surface area (Å²) < 4.78 is 5.54. The fraction of sp³-hybridized carbons (Fsp3) is 0.444. The molecule has 2 aromatic rings. The minimum absolute atomic E-state index is 0.0375. The highest BCUT2D eigenvalue weighted by molar-refractivity contribution is 6.52. The van der Waals surface area contributed by atoms with Crippen LogP contribution in [0.2, 0.25) is 0 Å². The van der Waals surface area contributed by atoms with Gasteiger partial charge in [0.15, 0.2) is 0 Å². The molecule has 2 aliphatic heterocycles. The van der Waals surface area contributed by atoms with Crippen LogP contribution >= 0.6 is 0 Å². The topological polar surface area (TPSA) is 99.3 Å². The zero-order chi connectivity index (χ0) is 17.7. The molecular formula is C18H21BN4O3. The van der Waals surface area contributed by atoms with E-state index in [2.05, 4.69) is 20.6 Å². The lowest BCUT2D eigenvalue weighted by molar-refractivity contribution is -0.124. The number of aromatic nitrogens is 2. The van der Waals surface area contributed by atoms with E-state index in [9.17, 15) is 9.82 Å². The van der Waals surface area contributed by atoms with Crippen molar-refractivity contribution in [2.75, 3.05) is 6.54 Å². The Balaban J connectivity index is 1.34. The van der Waals surface area contributed by atoms with E-state index >= 15 is 0 Å². The van der Waals surface area contributed by atoms with Gasteiger partial charge in [0.05, 0.1) is 12.2 Å². The second kappa shape index (κ2) is 6.14. The van der Waals surface area contributed by atoms with Crippen LogP contribution in [0.4, 0.5) is 0 Å². The van der Waals surface area contributed by atoms with Crippen LogP contribution < -0.4 is 15.3 Å². The molecule has 1 atom stereocenters. The number of aromatic amines is 1. The van der Waals surface area contributed by atoms with Gasteiger partial charge in [0.2, 0.25) is 5.91 Å². The number of hydrogen-bond donors (Lipinski definition) is 4. The SMILES string of the molecule is O=C(N[C@H]1C[C@@H](C2=CB(O)Oc3cnc4[nH]ccc4c32)C1)[C@@H]1CCCN1. The average Bonchev–Trinajstić information content (AvgIpc) is 3.27. The van der Waals surface area contributed by atoms with Crippen molar-refractivity contribution in [3.8, 4) is 5.75 Å². The number of carbonyl (C=O) groups is 1. The van der Waals surface area contributed by atoms with Crippen molar-refractivity contribution in [3.63, 3.8) is 0 Å². The normalized spacial score (nSPS) is 27.5. The summed E-state index contributed by atoms with van der Waals surface area (Å²) >= 11 is 0. The lowest BCUT2D eigenvalue weighted by Gasteiger charge is -2.39. The van der Waals surface area contributed by atoms with Crippen LogP contribution in [0.3, 0.4) is 0 Å². The molecule has 0 aromatic carbocycles. The van der Waals surface area contributed by atoms with E-state index in [1.165, 1.54) is 0 Å². The van der Waals surface area contributed by atoms with Gasteiger partial charge < -0.3 is 25.3 Å². The number of rotatable bonds is 3. The molecule has 4 heterocycles. The number of carbonyl (C=O) groups excluding carboxylic acids is 1. The summed E-state index contributed by atoms with van der Waals surface area (Å²) in [7, 11) is -0.952. The van der Waals surface area contributed by atoms with Crippen molar-refractivity contribution < 1.29 is 14.5 Å². The maximum absolute atomic E-state index is 12.3. The molecule has 1 saturated carbocycles. The zero-order valence-electron chi connectivity index (χ0n) is 14.4. The maximum atomic E-state index is 12.3.